The zero-order valence-corrected chi connectivity index (χ0v) is 32.0. The number of aromatic nitrogens is 4. The molecule has 0 bridgehead atoms. The smallest absolute Gasteiger partial charge is 0.270 e. The van der Waals surface area contributed by atoms with Crippen molar-refractivity contribution in [2.45, 2.75) is 93.7 Å². The van der Waals surface area contributed by atoms with E-state index in [1.807, 2.05) is 30.5 Å². The Morgan fingerprint density at radius 2 is 1.68 bits per heavy atom. The number of carbonyl (C=O) groups is 4. The molecule has 1 aromatic carbocycles. The van der Waals surface area contributed by atoms with Crippen LogP contribution >= 0.6 is 0 Å². The molecule has 1 spiro atoms. The summed E-state index contributed by atoms with van der Waals surface area (Å²) in [6.07, 6.45) is 12.5. The van der Waals surface area contributed by atoms with Crippen LogP contribution in [0.5, 0.6) is 0 Å². The maximum Gasteiger partial charge on any atom is 0.270 e. The summed E-state index contributed by atoms with van der Waals surface area (Å²) in [7, 11) is 3.57. The van der Waals surface area contributed by atoms with Crippen molar-refractivity contribution in [2.24, 2.45) is 0 Å². The van der Waals surface area contributed by atoms with Crippen LogP contribution in [0.3, 0.4) is 0 Å². The van der Waals surface area contributed by atoms with Crippen LogP contribution in [-0.2, 0) is 19.8 Å². The van der Waals surface area contributed by atoms with Gasteiger partial charge in [-0.3, -0.25) is 34.3 Å². The van der Waals surface area contributed by atoms with Crippen LogP contribution in [-0.4, -0.2) is 105 Å². The van der Waals surface area contributed by atoms with Gasteiger partial charge in [-0.1, -0.05) is 25.0 Å². The molecule has 0 radical (unpaired) electrons. The van der Waals surface area contributed by atoms with E-state index >= 15 is 0 Å². The van der Waals surface area contributed by atoms with E-state index in [2.05, 4.69) is 42.1 Å². The highest BCUT2D eigenvalue weighted by Gasteiger charge is 2.62. The van der Waals surface area contributed by atoms with Gasteiger partial charge in [0, 0.05) is 74.7 Å². The maximum absolute atomic E-state index is 13.9. The van der Waals surface area contributed by atoms with E-state index in [-0.39, 0.29) is 36.1 Å². The molecule has 14 heteroatoms. The Kier molecular flexibility index (Phi) is 8.38. The number of piperidine rings is 2. The highest BCUT2D eigenvalue weighted by Crippen LogP contribution is 2.61. The first kappa shape index (κ1) is 35.1. The quantitative estimate of drug-likeness (QED) is 0.244. The number of anilines is 4. The minimum Gasteiger partial charge on any atom is -0.368 e. The lowest BCUT2D eigenvalue weighted by molar-refractivity contribution is -0.135. The zero-order chi connectivity index (χ0) is 38.3. The number of rotatable bonds is 8. The fourth-order valence-electron chi connectivity index (χ4n) is 10.1. The Morgan fingerprint density at radius 1 is 0.911 bits per heavy atom. The first-order valence-electron chi connectivity index (χ1n) is 20.3. The molecule has 56 heavy (non-hydrogen) atoms. The van der Waals surface area contributed by atoms with Crippen LogP contribution in [0.15, 0.2) is 48.8 Å². The Labute approximate surface area is 325 Å². The predicted molar refractivity (Wildman–Crippen MR) is 211 cm³/mol. The second-order valence-corrected chi connectivity index (χ2v) is 16.9. The Morgan fingerprint density at radius 3 is 2.38 bits per heavy atom. The van der Waals surface area contributed by atoms with E-state index in [0.717, 1.165) is 106 Å². The van der Waals surface area contributed by atoms with Crippen LogP contribution in [0, 0.1) is 0 Å². The number of pyridine rings is 1. The third kappa shape index (κ3) is 5.74. The molecular formula is C42H48N10O4. The molecule has 10 rings (SSSR count). The standard InChI is InChI=1S/C42H48N10O4/c1-48(2)39(55)33-20-27-22-44-41(47-37(27)51(33)28-6-3-4-7-28)45-34-12-10-26(21-43-34)25-14-18-49(19-15-25)29-23-50(24-29)30-8-5-9-31-36(30)42(16-17-42)40(56)52(31)32-11-13-35(53)46-38(32)54/h5,8-10,12,20-22,25,28-29,32H,3-4,6-7,11,13-19,23-24H2,1-2H3,(H,46,53,54)(H,43,44,45,47). The number of nitrogens with one attached hydrogen (secondary N) is 2. The minimum atomic E-state index is -0.637. The molecule has 6 aliphatic rings. The summed E-state index contributed by atoms with van der Waals surface area (Å²) in [5.41, 5.74) is 5.19. The van der Waals surface area contributed by atoms with Crippen LogP contribution in [0.2, 0.25) is 0 Å². The van der Waals surface area contributed by atoms with Gasteiger partial charge in [0.2, 0.25) is 23.7 Å². The van der Waals surface area contributed by atoms with Gasteiger partial charge in [0.1, 0.15) is 23.2 Å². The third-order valence-electron chi connectivity index (χ3n) is 13.3. The van der Waals surface area contributed by atoms with Crippen molar-refractivity contribution >= 4 is 57.8 Å². The average Bonchev–Trinajstić information content (AvgIpc) is 3.51. The van der Waals surface area contributed by atoms with Gasteiger partial charge in [-0.15, -0.1) is 0 Å². The summed E-state index contributed by atoms with van der Waals surface area (Å²) in [5.74, 6) is 0.938. The Hall–Kier alpha value is -5.37. The summed E-state index contributed by atoms with van der Waals surface area (Å²) in [5, 5.41) is 6.61. The van der Waals surface area contributed by atoms with Crippen molar-refractivity contribution in [1.82, 2.24) is 34.6 Å². The van der Waals surface area contributed by atoms with Gasteiger partial charge in [0.25, 0.3) is 5.91 Å². The number of likely N-dealkylation sites (tertiary alicyclic amines) is 1. The first-order valence-corrected chi connectivity index (χ1v) is 20.3. The molecule has 4 aromatic rings. The largest absolute Gasteiger partial charge is 0.368 e. The summed E-state index contributed by atoms with van der Waals surface area (Å²) in [4.78, 5) is 74.2. The van der Waals surface area contributed by atoms with Crippen LogP contribution in [0.4, 0.5) is 23.1 Å². The molecule has 2 N–H and O–H groups in total. The van der Waals surface area contributed by atoms with Crippen molar-refractivity contribution in [2.75, 3.05) is 55.4 Å². The molecule has 3 aromatic heterocycles. The SMILES string of the molecule is CN(C)C(=O)c1cc2cnc(Nc3ccc(C4CCN(C5CN(c6cccc7c6C6(CC6)C(=O)N7C6CCC(=O)NC6=O)C5)CC4)cn3)nc2n1C1CCCC1. The van der Waals surface area contributed by atoms with Crippen molar-refractivity contribution < 1.29 is 19.2 Å². The fraction of sp³-hybridized carbons (Fsp3) is 0.500. The van der Waals surface area contributed by atoms with Crippen molar-refractivity contribution in [3.05, 3.63) is 65.6 Å². The second kappa shape index (κ2) is 13.4. The zero-order valence-electron chi connectivity index (χ0n) is 32.0. The summed E-state index contributed by atoms with van der Waals surface area (Å²) in [6, 6.07) is 12.3. The van der Waals surface area contributed by atoms with Gasteiger partial charge >= 0.3 is 0 Å². The van der Waals surface area contributed by atoms with Crippen molar-refractivity contribution in [1.29, 1.82) is 0 Å². The van der Waals surface area contributed by atoms with Gasteiger partial charge in [0.05, 0.1) is 11.1 Å². The number of amides is 4. The van der Waals surface area contributed by atoms with Gasteiger partial charge in [-0.05, 0) is 93.8 Å². The highest BCUT2D eigenvalue weighted by molar-refractivity contribution is 6.16. The minimum absolute atomic E-state index is 0.0138. The molecule has 3 saturated heterocycles. The summed E-state index contributed by atoms with van der Waals surface area (Å²) < 4.78 is 2.12. The number of nitrogens with zero attached hydrogens (tertiary/aromatic N) is 8. The molecule has 1 unspecified atom stereocenters. The first-order chi connectivity index (χ1) is 27.2. The van der Waals surface area contributed by atoms with Gasteiger partial charge < -0.3 is 19.7 Å². The third-order valence-corrected chi connectivity index (χ3v) is 13.3. The molecule has 290 valence electrons. The molecule has 4 aliphatic heterocycles. The number of carbonyl (C=O) groups excluding carboxylic acids is 4. The Bertz CT molecular complexity index is 2240. The van der Waals surface area contributed by atoms with Crippen LogP contribution in [0.1, 0.15) is 97.8 Å². The van der Waals surface area contributed by atoms with E-state index in [4.69, 9.17) is 9.97 Å². The van der Waals surface area contributed by atoms with Crippen molar-refractivity contribution in [3.8, 4) is 0 Å². The van der Waals surface area contributed by atoms with Crippen molar-refractivity contribution in [3.63, 3.8) is 0 Å². The lowest BCUT2D eigenvalue weighted by Gasteiger charge is -2.49. The van der Waals surface area contributed by atoms with Gasteiger partial charge in [-0.25, -0.2) is 9.97 Å². The molecule has 4 amide bonds. The average molecular weight is 757 g/mol. The molecule has 7 heterocycles. The topological polar surface area (TPSA) is 149 Å². The van der Waals surface area contributed by atoms with E-state index in [9.17, 15) is 19.2 Å². The van der Waals surface area contributed by atoms with E-state index in [1.165, 1.54) is 5.56 Å². The summed E-state index contributed by atoms with van der Waals surface area (Å²) in [6.45, 7) is 3.87. The molecular weight excluding hydrogens is 709 g/mol. The van der Waals surface area contributed by atoms with Crippen LogP contribution in [0.25, 0.3) is 11.0 Å². The van der Waals surface area contributed by atoms with Gasteiger partial charge in [-0.2, -0.15) is 4.98 Å². The molecule has 5 fully saturated rings. The number of hydrogen-bond donors (Lipinski definition) is 2. The van der Waals surface area contributed by atoms with E-state index in [0.29, 0.717) is 35.8 Å². The molecule has 2 aliphatic carbocycles. The number of fused-ring (bicyclic) bond motifs is 3. The lowest BCUT2D eigenvalue weighted by atomic mass is 9.88. The van der Waals surface area contributed by atoms with E-state index in [1.54, 1.807) is 30.1 Å². The monoisotopic (exact) mass is 756 g/mol. The predicted octanol–water partition coefficient (Wildman–Crippen LogP) is 4.64. The number of imide groups is 1. The molecule has 2 saturated carbocycles. The second-order valence-electron chi connectivity index (χ2n) is 16.9. The lowest BCUT2D eigenvalue weighted by Crippen LogP contribution is -2.61. The molecule has 14 nitrogen and oxygen atoms in total. The normalized spacial score (nSPS) is 22.8. The summed E-state index contributed by atoms with van der Waals surface area (Å²) >= 11 is 0. The van der Waals surface area contributed by atoms with E-state index < -0.39 is 11.5 Å². The Balaban J connectivity index is 0.771. The van der Waals surface area contributed by atoms with Crippen LogP contribution < -0.4 is 20.4 Å². The number of hydrogen-bond acceptors (Lipinski definition) is 10. The molecule has 1 atom stereocenters. The maximum atomic E-state index is 13.9. The van der Waals surface area contributed by atoms with Gasteiger partial charge in [0.15, 0.2) is 0 Å². The fourth-order valence-corrected chi connectivity index (χ4v) is 10.1. The number of benzene rings is 1. The highest BCUT2D eigenvalue weighted by atomic mass is 16.2.